The molecule has 0 aliphatic rings. The van der Waals surface area contributed by atoms with E-state index in [1.807, 2.05) is 6.92 Å². The van der Waals surface area contributed by atoms with Gasteiger partial charge in [-0.05, 0) is 55.1 Å². The molecule has 17 heavy (non-hydrogen) atoms. The topological polar surface area (TPSA) is 41.5 Å². The molecule has 0 aliphatic carbocycles. The molecule has 0 aromatic carbocycles. The highest BCUT2D eigenvalue weighted by Crippen LogP contribution is 2.18. The number of methoxy groups -OCH3 is 1. The van der Waals surface area contributed by atoms with Crippen LogP contribution in [0.1, 0.15) is 25.3 Å². The Kier molecular flexibility index (Phi) is 6.73. The zero-order valence-corrected chi connectivity index (χ0v) is 11.6. The van der Waals surface area contributed by atoms with Crippen LogP contribution in [0.4, 0.5) is 0 Å². The molecule has 1 rings (SSSR count). The number of nitrogens with one attached hydrogen (secondary N) is 1. The van der Waals surface area contributed by atoms with Gasteiger partial charge in [-0.1, -0.05) is 0 Å². The monoisotopic (exact) mass is 257 g/mol. The molecule has 0 aliphatic heterocycles. The van der Waals surface area contributed by atoms with E-state index in [-0.39, 0.29) is 0 Å². The minimum Gasteiger partial charge on any atom is -0.390 e. The van der Waals surface area contributed by atoms with Crippen molar-refractivity contribution in [1.29, 1.82) is 0 Å². The van der Waals surface area contributed by atoms with E-state index in [9.17, 15) is 5.11 Å². The lowest BCUT2D eigenvalue weighted by Crippen LogP contribution is -2.31. The summed E-state index contributed by atoms with van der Waals surface area (Å²) in [5.41, 5.74) is 0.741. The van der Waals surface area contributed by atoms with Crippen molar-refractivity contribution in [1.82, 2.24) is 5.32 Å². The lowest BCUT2D eigenvalue weighted by atomic mass is 9.94. The molecule has 1 aromatic heterocycles. The molecule has 0 saturated heterocycles. The van der Waals surface area contributed by atoms with E-state index in [1.165, 1.54) is 5.56 Å². The third-order valence-corrected chi connectivity index (χ3v) is 3.59. The highest BCUT2D eigenvalue weighted by molar-refractivity contribution is 7.07. The normalized spacial score (nSPS) is 14.8. The maximum Gasteiger partial charge on any atom is 0.0635 e. The molecule has 0 radical (unpaired) electrons. The Morgan fingerprint density at radius 1 is 1.41 bits per heavy atom. The first kappa shape index (κ1) is 14.6. The maximum atomic E-state index is 10.2. The number of rotatable bonds is 9. The molecular formula is C13H23NO2S. The van der Waals surface area contributed by atoms with Gasteiger partial charge in [0.2, 0.25) is 0 Å². The van der Waals surface area contributed by atoms with Crippen LogP contribution in [0.3, 0.4) is 0 Å². The highest BCUT2D eigenvalue weighted by atomic mass is 32.1. The highest BCUT2D eigenvalue weighted by Gasteiger charge is 2.19. The van der Waals surface area contributed by atoms with Crippen molar-refractivity contribution in [3.8, 4) is 0 Å². The van der Waals surface area contributed by atoms with Crippen LogP contribution in [0.15, 0.2) is 16.8 Å². The van der Waals surface area contributed by atoms with Crippen LogP contribution >= 0.6 is 11.3 Å². The summed E-state index contributed by atoms with van der Waals surface area (Å²) in [5, 5.41) is 17.7. The second-order valence-electron chi connectivity index (χ2n) is 4.62. The van der Waals surface area contributed by atoms with Gasteiger partial charge in [-0.2, -0.15) is 11.3 Å². The van der Waals surface area contributed by atoms with Crippen LogP contribution in [0.5, 0.6) is 0 Å². The second kappa shape index (κ2) is 7.82. The van der Waals surface area contributed by atoms with Crippen LogP contribution in [-0.4, -0.2) is 37.5 Å². The van der Waals surface area contributed by atoms with E-state index in [1.54, 1.807) is 18.4 Å². The van der Waals surface area contributed by atoms with Crippen LogP contribution < -0.4 is 5.32 Å². The third-order valence-electron chi connectivity index (χ3n) is 2.86. The number of aryl methyl sites for hydroxylation is 1. The van der Waals surface area contributed by atoms with Crippen LogP contribution in [-0.2, 0) is 11.2 Å². The molecule has 2 N–H and O–H groups in total. The molecule has 0 spiro atoms. The minimum atomic E-state index is -0.581. The van der Waals surface area contributed by atoms with E-state index in [4.69, 9.17) is 4.74 Å². The molecule has 4 heteroatoms. The Balaban J connectivity index is 2.12. The number of hydrogen-bond acceptors (Lipinski definition) is 4. The van der Waals surface area contributed by atoms with Crippen LogP contribution in [0.25, 0.3) is 0 Å². The zero-order valence-electron chi connectivity index (χ0n) is 10.7. The Bertz CT molecular complexity index is 286. The quantitative estimate of drug-likeness (QED) is 0.665. The molecule has 0 bridgehead atoms. The molecule has 1 heterocycles. The van der Waals surface area contributed by atoms with Gasteiger partial charge in [0.15, 0.2) is 0 Å². The SMILES string of the molecule is COCCNCCC(C)(O)CCc1ccsc1. The van der Waals surface area contributed by atoms with Gasteiger partial charge in [-0.15, -0.1) is 0 Å². The molecule has 0 fully saturated rings. The molecule has 1 atom stereocenters. The molecule has 0 saturated carbocycles. The smallest absolute Gasteiger partial charge is 0.0635 e. The summed E-state index contributed by atoms with van der Waals surface area (Å²) in [7, 11) is 1.69. The second-order valence-corrected chi connectivity index (χ2v) is 5.40. The fourth-order valence-electron chi connectivity index (χ4n) is 1.63. The predicted molar refractivity (Wildman–Crippen MR) is 72.6 cm³/mol. The van der Waals surface area contributed by atoms with Gasteiger partial charge in [0.1, 0.15) is 0 Å². The van der Waals surface area contributed by atoms with Crippen molar-refractivity contribution in [2.45, 2.75) is 31.8 Å². The fourth-order valence-corrected chi connectivity index (χ4v) is 2.33. The lowest BCUT2D eigenvalue weighted by molar-refractivity contribution is 0.0422. The standard InChI is InChI=1S/C13H23NO2S/c1-13(15,6-7-14-8-9-16-2)5-3-12-4-10-17-11-12/h4,10-11,14-15H,3,5-9H2,1-2H3. The number of aliphatic hydroxyl groups is 1. The predicted octanol–water partition coefficient (Wildman–Crippen LogP) is 2.06. The molecule has 1 aromatic rings. The summed E-state index contributed by atoms with van der Waals surface area (Å²) >= 11 is 1.71. The Morgan fingerprint density at radius 2 is 2.24 bits per heavy atom. The lowest BCUT2D eigenvalue weighted by Gasteiger charge is -2.23. The largest absolute Gasteiger partial charge is 0.390 e. The molecule has 98 valence electrons. The van der Waals surface area contributed by atoms with Gasteiger partial charge >= 0.3 is 0 Å². The summed E-state index contributed by atoms with van der Waals surface area (Å²) in [6, 6.07) is 2.12. The number of hydrogen-bond donors (Lipinski definition) is 2. The van der Waals surface area contributed by atoms with E-state index in [2.05, 4.69) is 22.1 Å². The molecular weight excluding hydrogens is 234 g/mol. The van der Waals surface area contributed by atoms with Crippen LogP contribution in [0, 0.1) is 0 Å². The van der Waals surface area contributed by atoms with E-state index < -0.39 is 5.60 Å². The Morgan fingerprint density at radius 3 is 2.88 bits per heavy atom. The first-order valence-corrected chi connectivity index (χ1v) is 7.01. The van der Waals surface area contributed by atoms with Crippen molar-refractivity contribution >= 4 is 11.3 Å². The summed E-state index contributed by atoms with van der Waals surface area (Å²) in [6.45, 7) is 4.31. The van der Waals surface area contributed by atoms with E-state index in [0.717, 1.165) is 39.0 Å². The summed E-state index contributed by atoms with van der Waals surface area (Å²) in [5.74, 6) is 0. The van der Waals surface area contributed by atoms with Crippen molar-refractivity contribution in [2.24, 2.45) is 0 Å². The van der Waals surface area contributed by atoms with Crippen molar-refractivity contribution in [3.05, 3.63) is 22.4 Å². The average molecular weight is 257 g/mol. The van der Waals surface area contributed by atoms with Crippen molar-refractivity contribution in [3.63, 3.8) is 0 Å². The van der Waals surface area contributed by atoms with Gasteiger partial charge < -0.3 is 15.2 Å². The van der Waals surface area contributed by atoms with Crippen LogP contribution in [0.2, 0.25) is 0 Å². The third kappa shape index (κ3) is 6.78. The van der Waals surface area contributed by atoms with Gasteiger partial charge in [0.25, 0.3) is 0 Å². The maximum absolute atomic E-state index is 10.2. The molecule has 0 amide bonds. The van der Waals surface area contributed by atoms with Gasteiger partial charge in [0, 0.05) is 13.7 Å². The molecule has 1 unspecified atom stereocenters. The Hall–Kier alpha value is -0.420. The van der Waals surface area contributed by atoms with Gasteiger partial charge in [-0.25, -0.2) is 0 Å². The number of ether oxygens (including phenoxy) is 1. The van der Waals surface area contributed by atoms with E-state index in [0.29, 0.717) is 0 Å². The first-order valence-electron chi connectivity index (χ1n) is 6.07. The van der Waals surface area contributed by atoms with Crippen molar-refractivity contribution < 1.29 is 9.84 Å². The minimum absolute atomic E-state index is 0.581. The Labute approximate surface area is 108 Å². The van der Waals surface area contributed by atoms with Gasteiger partial charge in [0.05, 0.1) is 12.2 Å². The zero-order chi connectivity index (χ0) is 12.6. The fraction of sp³-hybridized carbons (Fsp3) is 0.692. The summed E-state index contributed by atoms with van der Waals surface area (Å²) < 4.78 is 4.95. The molecule has 3 nitrogen and oxygen atoms in total. The summed E-state index contributed by atoms with van der Waals surface area (Å²) in [6.07, 6.45) is 2.55. The summed E-state index contributed by atoms with van der Waals surface area (Å²) in [4.78, 5) is 0. The van der Waals surface area contributed by atoms with Gasteiger partial charge in [-0.3, -0.25) is 0 Å². The van der Waals surface area contributed by atoms with Crippen molar-refractivity contribution in [2.75, 3.05) is 26.8 Å². The first-order chi connectivity index (χ1) is 8.14. The average Bonchev–Trinajstić information content (AvgIpc) is 2.79. The number of thiophene rings is 1. The van der Waals surface area contributed by atoms with E-state index >= 15 is 0 Å².